The normalized spacial score (nSPS) is 16.4. The van der Waals surface area contributed by atoms with Gasteiger partial charge in [-0.1, -0.05) is 12.8 Å². The van der Waals surface area contributed by atoms with Crippen molar-refractivity contribution in [1.29, 1.82) is 0 Å². The van der Waals surface area contributed by atoms with Gasteiger partial charge in [0.1, 0.15) is 11.6 Å². The van der Waals surface area contributed by atoms with E-state index in [0.717, 1.165) is 36.6 Å². The van der Waals surface area contributed by atoms with Gasteiger partial charge in [0.25, 0.3) is 5.91 Å². The standard InChI is InChI=1S/C20H26N6O2/c21-18(27)15-12-24-20(26-19(15)23-11-13-4-1-2-5-13)25-14-6-7-17-16(10-14)22-8-3-9-28-17/h6-7,10,12-13,22H,1-5,8-9,11H2,(H2,21,27)(H2,23,24,25,26). The maximum absolute atomic E-state index is 11.7. The van der Waals surface area contributed by atoms with Crippen LogP contribution in [-0.4, -0.2) is 35.6 Å². The van der Waals surface area contributed by atoms with Gasteiger partial charge in [-0.05, 0) is 43.4 Å². The topological polar surface area (TPSA) is 114 Å². The van der Waals surface area contributed by atoms with E-state index in [-0.39, 0.29) is 0 Å². The van der Waals surface area contributed by atoms with Gasteiger partial charge in [0.15, 0.2) is 0 Å². The average Bonchev–Trinajstić information content (AvgIpc) is 3.10. The van der Waals surface area contributed by atoms with Crippen LogP contribution in [-0.2, 0) is 0 Å². The number of nitrogens with one attached hydrogen (secondary N) is 3. The number of benzene rings is 1. The molecule has 2 aromatic rings. The Balaban J connectivity index is 1.51. The Morgan fingerprint density at radius 2 is 2.14 bits per heavy atom. The summed E-state index contributed by atoms with van der Waals surface area (Å²) in [5, 5.41) is 9.85. The lowest BCUT2D eigenvalue weighted by Crippen LogP contribution is -2.19. The molecule has 2 aliphatic rings. The fraction of sp³-hybridized carbons (Fsp3) is 0.450. The third kappa shape index (κ3) is 4.27. The second kappa shape index (κ2) is 8.33. The summed E-state index contributed by atoms with van der Waals surface area (Å²) in [5.41, 5.74) is 7.58. The number of fused-ring (bicyclic) bond motifs is 1. The molecule has 1 aliphatic carbocycles. The minimum Gasteiger partial charge on any atom is -0.491 e. The number of ether oxygens (including phenoxy) is 1. The summed E-state index contributed by atoms with van der Waals surface area (Å²) in [6.45, 7) is 2.37. The van der Waals surface area contributed by atoms with E-state index < -0.39 is 5.91 Å². The van der Waals surface area contributed by atoms with Crippen LogP contribution in [0.1, 0.15) is 42.5 Å². The van der Waals surface area contributed by atoms with E-state index in [2.05, 4.69) is 25.9 Å². The molecule has 1 saturated carbocycles. The van der Waals surface area contributed by atoms with Crippen molar-refractivity contribution in [3.05, 3.63) is 30.0 Å². The number of anilines is 4. The highest BCUT2D eigenvalue weighted by Gasteiger charge is 2.18. The maximum atomic E-state index is 11.7. The molecule has 1 aliphatic heterocycles. The molecule has 8 heteroatoms. The van der Waals surface area contributed by atoms with Crippen LogP contribution in [0, 0.1) is 5.92 Å². The van der Waals surface area contributed by atoms with Crippen molar-refractivity contribution in [1.82, 2.24) is 9.97 Å². The molecule has 2 heterocycles. The molecule has 0 bridgehead atoms. The van der Waals surface area contributed by atoms with E-state index in [0.29, 0.717) is 29.9 Å². The highest BCUT2D eigenvalue weighted by Crippen LogP contribution is 2.31. The van der Waals surface area contributed by atoms with Crippen molar-refractivity contribution < 1.29 is 9.53 Å². The molecular weight excluding hydrogens is 356 g/mol. The lowest BCUT2D eigenvalue weighted by Gasteiger charge is -2.15. The van der Waals surface area contributed by atoms with Gasteiger partial charge in [-0.25, -0.2) is 4.98 Å². The van der Waals surface area contributed by atoms with Crippen LogP contribution in [0.3, 0.4) is 0 Å². The van der Waals surface area contributed by atoms with Gasteiger partial charge in [-0.3, -0.25) is 4.79 Å². The molecule has 1 aromatic heterocycles. The minimum atomic E-state index is -0.535. The van der Waals surface area contributed by atoms with E-state index in [1.54, 1.807) is 0 Å². The number of carbonyl (C=O) groups excluding carboxylic acids is 1. The van der Waals surface area contributed by atoms with Crippen LogP contribution >= 0.6 is 0 Å². The molecule has 1 fully saturated rings. The number of hydrogen-bond donors (Lipinski definition) is 4. The summed E-state index contributed by atoms with van der Waals surface area (Å²) in [6.07, 6.45) is 7.38. The van der Waals surface area contributed by atoms with Crippen LogP contribution in [0.4, 0.5) is 23.1 Å². The van der Waals surface area contributed by atoms with Crippen LogP contribution < -0.4 is 26.4 Å². The fourth-order valence-corrected chi connectivity index (χ4v) is 3.69. The highest BCUT2D eigenvalue weighted by molar-refractivity contribution is 5.97. The van der Waals surface area contributed by atoms with Gasteiger partial charge >= 0.3 is 0 Å². The van der Waals surface area contributed by atoms with E-state index in [1.807, 2.05) is 18.2 Å². The van der Waals surface area contributed by atoms with Crippen molar-refractivity contribution in [2.45, 2.75) is 32.1 Å². The Morgan fingerprint density at radius 1 is 1.29 bits per heavy atom. The number of rotatable bonds is 6. The van der Waals surface area contributed by atoms with Gasteiger partial charge in [-0.15, -0.1) is 0 Å². The maximum Gasteiger partial charge on any atom is 0.254 e. The van der Waals surface area contributed by atoms with Crippen molar-refractivity contribution in [3.8, 4) is 5.75 Å². The zero-order valence-electron chi connectivity index (χ0n) is 15.8. The lowest BCUT2D eigenvalue weighted by atomic mass is 10.1. The first-order valence-corrected chi connectivity index (χ1v) is 9.87. The monoisotopic (exact) mass is 382 g/mol. The van der Waals surface area contributed by atoms with E-state index >= 15 is 0 Å². The Bertz CT molecular complexity index is 851. The lowest BCUT2D eigenvalue weighted by molar-refractivity contribution is 0.100. The third-order valence-corrected chi connectivity index (χ3v) is 5.22. The van der Waals surface area contributed by atoms with Gasteiger partial charge in [0.2, 0.25) is 5.95 Å². The molecule has 28 heavy (non-hydrogen) atoms. The smallest absolute Gasteiger partial charge is 0.254 e. The highest BCUT2D eigenvalue weighted by atomic mass is 16.5. The molecular formula is C20H26N6O2. The zero-order chi connectivity index (χ0) is 19.3. The number of primary amides is 1. The molecule has 4 rings (SSSR count). The molecule has 8 nitrogen and oxygen atoms in total. The second-order valence-electron chi connectivity index (χ2n) is 7.32. The van der Waals surface area contributed by atoms with E-state index in [4.69, 9.17) is 10.5 Å². The molecule has 1 amide bonds. The second-order valence-corrected chi connectivity index (χ2v) is 7.32. The summed E-state index contributed by atoms with van der Waals surface area (Å²) in [6, 6.07) is 5.81. The van der Waals surface area contributed by atoms with Crippen molar-refractivity contribution in [3.63, 3.8) is 0 Å². The van der Waals surface area contributed by atoms with Crippen LogP contribution in [0.15, 0.2) is 24.4 Å². The molecule has 0 atom stereocenters. The largest absolute Gasteiger partial charge is 0.491 e. The summed E-state index contributed by atoms with van der Waals surface area (Å²) < 4.78 is 5.71. The summed E-state index contributed by atoms with van der Waals surface area (Å²) in [5.74, 6) is 1.81. The number of nitrogens with zero attached hydrogens (tertiary/aromatic N) is 2. The summed E-state index contributed by atoms with van der Waals surface area (Å²) >= 11 is 0. The summed E-state index contributed by atoms with van der Waals surface area (Å²) in [7, 11) is 0. The van der Waals surface area contributed by atoms with Gasteiger partial charge in [0, 0.05) is 25.0 Å². The number of carbonyl (C=O) groups is 1. The van der Waals surface area contributed by atoms with E-state index in [1.165, 1.54) is 31.9 Å². The van der Waals surface area contributed by atoms with Crippen LogP contribution in [0.5, 0.6) is 5.75 Å². The summed E-state index contributed by atoms with van der Waals surface area (Å²) in [4.78, 5) is 20.5. The molecule has 5 N–H and O–H groups in total. The van der Waals surface area contributed by atoms with Crippen molar-refractivity contribution >= 4 is 29.0 Å². The van der Waals surface area contributed by atoms with E-state index in [9.17, 15) is 4.79 Å². The zero-order valence-corrected chi connectivity index (χ0v) is 15.8. The average molecular weight is 382 g/mol. The molecule has 0 unspecified atom stereocenters. The minimum absolute atomic E-state index is 0.306. The van der Waals surface area contributed by atoms with Crippen molar-refractivity contribution in [2.75, 3.05) is 35.6 Å². The van der Waals surface area contributed by atoms with Crippen LogP contribution in [0.2, 0.25) is 0 Å². The SMILES string of the molecule is NC(=O)c1cnc(Nc2ccc3c(c2)NCCCO3)nc1NCC1CCCC1. The van der Waals surface area contributed by atoms with Gasteiger partial charge < -0.3 is 26.4 Å². The Labute approximate surface area is 164 Å². The Morgan fingerprint density at radius 3 is 2.96 bits per heavy atom. The predicted molar refractivity (Wildman–Crippen MR) is 109 cm³/mol. The van der Waals surface area contributed by atoms with Gasteiger partial charge in [-0.2, -0.15) is 4.98 Å². The van der Waals surface area contributed by atoms with Crippen LogP contribution in [0.25, 0.3) is 0 Å². The Hall–Kier alpha value is -3.03. The predicted octanol–water partition coefficient (Wildman–Crippen LogP) is 3.12. The number of amides is 1. The molecule has 1 aromatic carbocycles. The first kappa shape index (κ1) is 18.3. The van der Waals surface area contributed by atoms with Gasteiger partial charge in [0.05, 0.1) is 17.9 Å². The quantitative estimate of drug-likeness (QED) is 0.607. The first-order valence-electron chi connectivity index (χ1n) is 9.87. The fourth-order valence-electron chi connectivity index (χ4n) is 3.69. The molecule has 0 spiro atoms. The molecule has 0 radical (unpaired) electrons. The number of nitrogens with two attached hydrogens (primary N) is 1. The first-order chi connectivity index (χ1) is 13.7. The molecule has 148 valence electrons. The van der Waals surface area contributed by atoms with Crippen molar-refractivity contribution in [2.24, 2.45) is 11.7 Å². The number of aromatic nitrogens is 2. The molecule has 0 saturated heterocycles. The third-order valence-electron chi connectivity index (χ3n) is 5.22. The number of hydrogen-bond acceptors (Lipinski definition) is 7. The Kier molecular flexibility index (Phi) is 5.45.